The summed E-state index contributed by atoms with van der Waals surface area (Å²) in [7, 11) is 1.40. The zero-order chi connectivity index (χ0) is 19.6. The molecule has 5 nitrogen and oxygen atoms in total. The molecular formula is C21H24FNO4. The van der Waals surface area contributed by atoms with Gasteiger partial charge in [-0.2, -0.15) is 0 Å². The highest BCUT2D eigenvalue weighted by atomic mass is 19.1. The molecule has 1 amide bonds. The van der Waals surface area contributed by atoms with Crippen LogP contribution >= 0.6 is 0 Å². The maximum absolute atomic E-state index is 13.8. The predicted octanol–water partition coefficient (Wildman–Crippen LogP) is 3.66. The van der Waals surface area contributed by atoms with E-state index in [-0.39, 0.29) is 24.5 Å². The number of nitrogens with zero attached hydrogens (tertiary/aromatic N) is 1. The molecule has 2 aromatic carbocycles. The van der Waals surface area contributed by atoms with E-state index < -0.39 is 11.8 Å². The van der Waals surface area contributed by atoms with Crippen molar-refractivity contribution >= 4 is 11.9 Å². The Morgan fingerprint density at radius 3 is 2.44 bits per heavy atom. The van der Waals surface area contributed by atoms with Crippen LogP contribution in [0.5, 0.6) is 5.75 Å². The smallest absolute Gasteiger partial charge is 0.303 e. The number of rotatable bonds is 10. The molecule has 0 aliphatic heterocycles. The lowest BCUT2D eigenvalue weighted by molar-refractivity contribution is -0.138. The topological polar surface area (TPSA) is 66.8 Å². The van der Waals surface area contributed by atoms with Gasteiger partial charge < -0.3 is 14.7 Å². The standard InChI is InChI=1S/C21H24FNO4/c1-27-19-11-9-16(14-18(19)22)10-12-20(24)23(13-5-8-21(25)26)15-17-6-3-2-4-7-17/h2-4,6-7,9,11,14H,5,8,10,12-13,15H2,1H3,(H,25,26). The van der Waals surface area contributed by atoms with Gasteiger partial charge in [-0.3, -0.25) is 9.59 Å². The predicted molar refractivity (Wildman–Crippen MR) is 100 cm³/mol. The molecule has 0 saturated heterocycles. The van der Waals surface area contributed by atoms with Gasteiger partial charge in [0.15, 0.2) is 11.6 Å². The fourth-order valence-electron chi connectivity index (χ4n) is 2.79. The molecule has 0 heterocycles. The van der Waals surface area contributed by atoms with E-state index in [1.54, 1.807) is 17.0 Å². The second-order valence-corrected chi connectivity index (χ2v) is 6.27. The number of ether oxygens (including phenoxy) is 1. The first-order valence-electron chi connectivity index (χ1n) is 8.85. The summed E-state index contributed by atoms with van der Waals surface area (Å²) in [5, 5.41) is 8.83. The molecule has 0 fully saturated rings. The summed E-state index contributed by atoms with van der Waals surface area (Å²) in [5.41, 5.74) is 1.70. The monoisotopic (exact) mass is 373 g/mol. The summed E-state index contributed by atoms with van der Waals surface area (Å²) >= 11 is 0. The fraction of sp³-hybridized carbons (Fsp3) is 0.333. The highest BCUT2D eigenvalue weighted by Crippen LogP contribution is 2.19. The van der Waals surface area contributed by atoms with Gasteiger partial charge in [0.25, 0.3) is 0 Å². The van der Waals surface area contributed by atoms with Crippen molar-refractivity contribution < 1.29 is 23.8 Å². The van der Waals surface area contributed by atoms with Crippen molar-refractivity contribution in [1.29, 1.82) is 0 Å². The van der Waals surface area contributed by atoms with Crippen molar-refractivity contribution in [3.8, 4) is 5.75 Å². The number of amides is 1. The van der Waals surface area contributed by atoms with Crippen molar-refractivity contribution in [3.05, 3.63) is 65.5 Å². The van der Waals surface area contributed by atoms with Crippen LogP contribution in [-0.4, -0.2) is 35.5 Å². The van der Waals surface area contributed by atoms with Crippen molar-refractivity contribution in [2.24, 2.45) is 0 Å². The molecule has 0 aliphatic carbocycles. The maximum Gasteiger partial charge on any atom is 0.303 e. The molecule has 144 valence electrons. The highest BCUT2D eigenvalue weighted by molar-refractivity contribution is 5.76. The molecule has 0 unspecified atom stereocenters. The fourth-order valence-corrected chi connectivity index (χ4v) is 2.79. The van der Waals surface area contributed by atoms with E-state index in [1.807, 2.05) is 30.3 Å². The van der Waals surface area contributed by atoms with Crippen LogP contribution in [0.1, 0.15) is 30.4 Å². The van der Waals surface area contributed by atoms with Gasteiger partial charge in [0.2, 0.25) is 5.91 Å². The Morgan fingerprint density at radius 2 is 1.81 bits per heavy atom. The van der Waals surface area contributed by atoms with Crippen LogP contribution in [0.15, 0.2) is 48.5 Å². The second kappa shape index (κ2) is 10.3. The molecular weight excluding hydrogens is 349 g/mol. The maximum atomic E-state index is 13.8. The van der Waals surface area contributed by atoms with Crippen LogP contribution in [0, 0.1) is 5.82 Å². The van der Waals surface area contributed by atoms with Gasteiger partial charge in [-0.1, -0.05) is 36.4 Å². The van der Waals surface area contributed by atoms with Crippen LogP contribution in [0.25, 0.3) is 0 Å². The van der Waals surface area contributed by atoms with Crippen molar-refractivity contribution in [1.82, 2.24) is 4.90 Å². The van der Waals surface area contributed by atoms with Gasteiger partial charge in [-0.15, -0.1) is 0 Å². The first kappa shape index (κ1) is 20.4. The summed E-state index contributed by atoms with van der Waals surface area (Å²) in [6.07, 6.45) is 1.04. The molecule has 0 aliphatic rings. The van der Waals surface area contributed by atoms with Gasteiger partial charge in [0.1, 0.15) is 0 Å². The molecule has 0 spiro atoms. The lowest BCUT2D eigenvalue weighted by Crippen LogP contribution is -2.32. The first-order valence-corrected chi connectivity index (χ1v) is 8.85. The summed E-state index contributed by atoms with van der Waals surface area (Å²) in [6.45, 7) is 0.799. The largest absolute Gasteiger partial charge is 0.494 e. The number of carbonyl (C=O) groups excluding carboxylic acids is 1. The van der Waals surface area contributed by atoms with Gasteiger partial charge in [0.05, 0.1) is 7.11 Å². The summed E-state index contributed by atoms with van der Waals surface area (Å²) in [4.78, 5) is 25.1. The molecule has 0 atom stereocenters. The van der Waals surface area contributed by atoms with Crippen LogP contribution in [-0.2, 0) is 22.6 Å². The van der Waals surface area contributed by atoms with Crippen LogP contribution in [0.3, 0.4) is 0 Å². The lowest BCUT2D eigenvalue weighted by atomic mass is 10.1. The number of hydrogen-bond acceptors (Lipinski definition) is 3. The Labute approximate surface area is 158 Å². The third-order valence-electron chi connectivity index (χ3n) is 4.23. The van der Waals surface area contributed by atoms with Crippen molar-refractivity contribution in [2.75, 3.05) is 13.7 Å². The number of carboxylic acid groups (broad SMARTS) is 1. The Hall–Kier alpha value is -2.89. The van der Waals surface area contributed by atoms with E-state index in [2.05, 4.69) is 0 Å². The Balaban J connectivity index is 1.99. The van der Waals surface area contributed by atoms with E-state index in [1.165, 1.54) is 13.2 Å². The van der Waals surface area contributed by atoms with Gasteiger partial charge in [-0.25, -0.2) is 4.39 Å². The average Bonchev–Trinajstić information content (AvgIpc) is 2.66. The number of carbonyl (C=O) groups is 2. The Bertz CT molecular complexity index is 764. The number of benzene rings is 2. The number of aliphatic carboxylic acids is 1. The third kappa shape index (κ3) is 6.73. The zero-order valence-corrected chi connectivity index (χ0v) is 15.4. The van der Waals surface area contributed by atoms with Gasteiger partial charge >= 0.3 is 5.97 Å². The highest BCUT2D eigenvalue weighted by Gasteiger charge is 2.15. The molecule has 0 bridgehead atoms. The summed E-state index contributed by atoms with van der Waals surface area (Å²) in [6, 6.07) is 14.2. The molecule has 2 rings (SSSR count). The minimum atomic E-state index is -0.879. The Kier molecular flexibility index (Phi) is 7.79. The minimum Gasteiger partial charge on any atom is -0.494 e. The van der Waals surface area contributed by atoms with Crippen molar-refractivity contribution in [2.45, 2.75) is 32.2 Å². The molecule has 2 aromatic rings. The van der Waals surface area contributed by atoms with E-state index in [4.69, 9.17) is 9.84 Å². The lowest BCUT2D eigenvalue weighted by Gasteiger charge is -2.23. The quantitative estimate of drug-likeness (QED) is 0.690. The second-order valence-electron chi connectivity index (χ2n) is 6.27. The molecule has 0 radical (unpaired) electrons. The summed E-state index contributed by atoms with van der Waals surface area (Å²) in [5.74, 6) is -1.24. The van der Waals surface area contributed by atoms with Crippen LogP contribution in [0.2, 0.25) is 0 Å². The van der Waals surface area contributed by atoms with Gasteiger partial charge in [0, 0.05) is 25.9 Å². The van der Waals surface area contributed by atoms with Crippen LogP contribution < -0.4 is 4.74 Å². The van der Waals surface area contributed by atoms with Crippen molar-refractivity contribution in [3.63, 3.8) is 0 Å². The zero-order valence-electron chi connectivity index (χ0n) is 15.4. The van der Waals surface area contributed by atoms with Gasteiger partial charge in [-0.05, 0) is 36.1 Å². The number of carboxylic acids is 1. The Morgan fingerprint density at radius 1 is 1.07 bits per heavy atom. The molecule has 1 N–H and O–H groups in total. The third-order valence-corrected chi connectivity index (χ3v) is 4.23. The number of halogens is 1. The number of hydrogen-bond donors (Lipinski definition) is 1. The molecule has 0 aromatic heterocycles. The van der Waals surface area contributed by atoms with E-state index in [9.17, 15) is 14.0 Å². The van der Waals surface area contributed by atoms with E-state index in [0.29, 0.717) is 31.5 Å². The van der Waals surface area contributed by atoms with E-state index >= 15 is 0 Å². The van der Waals surface area contributed by atoms with Crippen LogP contribution in [0.4, 0.5) is 4.39 Å². The van der Waals surface area contributed by atoms with E-state index in [0.717, 1.165) is 5.56 Å². The number of methoxy groups -OCH3 is 1. The first-order chi connectivity index (χ1) is 13.0. The number of aryl methyl sites for hydroxylation is 1. The SMILES string of the molecule is COc1ccc(CCC(=O)N(CCCC(=O)O)Cc2ccccc2)cc1F. The molecule has 27 heavy (non-hydrogen) atoms. The minimum absolute atomic E-state index is 0.0161. The summed E-state index contributed by atoms with van der Waals surface area (Å²) < 4.78 is 18.7. The normalized spacial score (nSPS) is 10.4. The molecule has 0 saturated carbocycles. The average molecular weight is 373 g/mol. The molecule has 6 heteroatoms.